The summed E-state index contributed by atoms with van der Waals surface area (Å²) in [7, 11) is 0. The maximum Gasteiger partial charge on any atom is 0.255 e. The zero-order valence-corrected chi connectivity index (χ0v) is 25.9. The third-order valence-electron chi connectivity index (χ3n) is 8.18. The minimum Gasteiger partial charge on any atom is -0.491 e. The molecule has 2 aliphatic rings. The quantitative estimate of drug-likeness (QED) is 0.314. The number of benzene rings is 1. The SMILES string of the molecule is CCN(CC)CCNC(=O)[C@@H]1CC(=O)NC2(CCCCC2)C(=O)N[C@H](C(C)C)C(=O)NCCOc2ccccc2C(=O)N1. The Labute approximate surface area is 254 Å². The van der Waals surface area contributed by atoms with E-state index in [0.29, 0.717) is 25.9 Å². The summed E-state index contributed by atoms with van der Waals surface area (Å²) in [6.45, 7) is 10.6. The van der Waals surface area contributed by atoms with Gasteiger partial charge in [0.1, 0.15) is 30.0 Å². The van der Waals surface area contributed by atoms with Crippen molar-refractivity contribution in [3.05, 3.63) is 29.8 Å². The topological polar surface area (TPSA) is 158 Å². The van der Waals surface area contributed by atoms with Crippen molar-refractivity contribution in [2.45, 2.75) is 83.8 Å². The number of likely N-dealkylation sites (N-methyl/N-ethyl adjacent to an activating group) is 1. The van der Waals surface area contributed by atoms with Gasteiger partial charge in [-0.25, -0.2) is 0 Å². The van der Waals surface area contributed by atoms with Crippen LogP contribution in [0.15, 0.2) is 24.3 Å². The molecule has 1 saturated carbocycles. The zero-order valence-electron chi connectivity index (χ0n) is 25.9. The fourth-order valence-electron chi connectivity index (χ4n) is 5.55. The summed E-state index contributed by atoms with van der Waals surface area (Å²) >= 11 is 0. The van der Waals surface area contributed by atoms with E-state index in [2.05, 4.69) is 31.5 Å². The van der Waals surface area contributed by atoms with Crippen LogP contribution in [0.5, 0.6) is 5.75 Å². The van der Waals surface area contributed by atoms with Crippen LogP contribution in [0.2, 0.25) is 0 Å². The molecule has 0 bridgehead atoms. The van der Waals surface area contributed by atoms with Crippen LogP contribution in [-0.2, 0) is 19.2 Å². The Morgan fingerprint density at radius 2 is 1.74 bits per heavy atom. The molecule has 1 aliphatic heterocycles. The van der Waals surface area contributed by atoms with Gasteiger partial charge in [-0.3, -0.25) is 24.0 Å². The number of carbonyl (C=O) groups excluding carboxylic acids is 5. The van der Waals surface area contributed by atoms with Gasteiger partial charge in [0.2, 0.25) is 23.6 Å². The Hall–Kier alpha value is -3.67. The predicted molar refractivity (Wildman–Crippen MR) is 162 cm³/mol. The van der Waals surface area contributed by atoms with Gasteiger partial charge in [-0.2, -0.15) is 0 Å². The first-order valence-electron chi connectivity index (χ1n) is 15.5. The summed E-state index contributed by atoms with van der Waals surface area (Å²) in [4.78, 5) is 69.3. The molecule has 0 unspecified atom stereocenters. The average molecular weight is 601 g/mol. The highest BCUT2D eigenvalue weighted by atomic mass is 16.5. The van der Waals surface area contributed by atoms with Crippen LogP contribution >= 0.6 is 0 Å². The molecule has 1 aliphatic carbocycles. The monoisotopic (exact) mass is 600 g/mol. The van der Waals surface area contributed by atoms with Crippen LogP contribution < -0.4 is 31.3 Å². The lowest BCUT2D eigenvalue weighted by Crippen LogP contribution is -2.64. The fourth-order valence-corrected chi connectivity index (χ4v) is 5.55. The van der Waals surface area contributed by atoms with Gasteiger partial charge in [0, 0.05) is 13.1 Å². The van der Waals surface area contributed by atoms with E-state index in [0.717, 1.165) is 32.4 Å². The first kappa shape index (κ1) is 33.8. The Bertz CT molecular complexity index is 1130. The van der Waals surface area contributed by atoms with E-state index in [1.165, 1.54) is 0 Å². The predicted octanol–water partition coefficient (Wildman–Crippen LogP) is 1.10. The molecule has 43 heavy (non-hydrogen) atoms. The summed E-state index contributed by atoms with van der Waals surface area (Å²) in [5.74, 6) is -2.34. The van der Waals surface area contributed by atoms with Crippen LogP contribution in [0.25, 0.3) is 0 Å². The van der Waals surface area contributed by atoms with E-state index < -0.39 is 41.3 Å². The Balaban J connectivity index is 1.92. The van der Waals surface area contributed by atoms with Crippen molar-refractivity contribution in [3.8, 4) is 5.75 Å². The molecule has 12 heteroatoms. The second-order valence-corrected chi connectivity index (χ2v) is 11.6. The lowest BCUT2D eigenvalue weighted by atomic mass is 9.80. The van der Waals surface area contributed by atoms with Crippen molar-refractivity contribution < 1.29 is 28.7 Å². The molecule has 0 saturated heterocycles. The third kappa shape index (κ3) is 9.41. The minimum atomic E-state index is -1.22. The lowest BCUT2D eigenvalue weighted by molar-refractivity contribution is -0.138. The summed E-state index contributed by atoms with van der Waals surface area (Å²) in [6, 6.07) is 4.57. The molecule has 2 atom stereocenters. The summed E-state index contributed by atoms with van der Waals surface area (Å²) < 4.78 is 5.82. The standard InChI is InChI=1S/C31H48N6O6/c1-5-37(6-2)18-16-32-28(40)23-20-25(38)36-31(14-10-7-11-15-31)30(42)35-26(21(3)4)29(41)33-17-19-43-24-13-9-8-12-22(24)27(39)34-23/h8-9,12-13,21,23,26H,5-7,10-11,14-20H2,1-4H3,(H,32,40)(H,33,41)(H,34,39)(H,35,42)(H,36,38)/t23-,26+/m0/s1. The number of amides is 5. The molecule has 0 aromatic heterocycles. The first-order chi connectivity index (χ1) is 20.6. The first-order valence-corrected chi connectivity index (χ1v) is 15.5. The number of hydrogen-bond donors (Lipinski definition) is 5. The molecule has 12 nitrogen and oxygen atoms in total. The highest BCUT2D eigenvalue weighted by molar-refractivity contribution is 6.01. The third-order valence-corrected chi connectivity index (χ3v) is 8.18. The zero-order chi connectivity index (χ0) is 31.4. The summed E-state index contributed by atoms with van der Waals surface area (Å²) in [5.41, 5.74) is -1.03. The Morgan fingerprint density at radius 1 is 1.05 bits per heavy atom. The van der Waals surface area contributed by atoms with Crippen molar-refractivity contribution in [1.82, 2.24) is 31.5 Å². The molecule has 1 fully saturated rings. The second-order valence-electron chi connectivity index (χ2n) is 11.6. The van der Waals surface area contributed by atoms with Gasteiger partial charge in [-0.05, 0) is 44.0 Å². The molecule has 5 amide bonds. The van der Waals surface area contributed by atoms with E-state index in [1.807, 2.05) is 27.7 Å². The number of carbonyl (C=O) groups is 5. The van der Waals surface area contributed by atoms with E-state index >= 15 is 0 Å². The van der Waals surface area contributed by atoms with Gasteiger partial charge >= 0.3 is 0 Å². The van der Waals surface area contributed by atoms with Crippen molar-refractivity contribution >= 4 is 29.5 Å². The van der Waals surface area contributed by atoms with Gasteiger partial charge < -0.3 is 36.2 Å². The minimum absolute atomic E-state index is 0.0774. The Kier molecular flexibility index (Phi) is 12.8. The largest absolute Gasteiger partial charge is 0.491 e. The number of fused-ring (bicyclic) bond motifs is 1. The van der Waals surface area contributed by atoms with Crippen molar-refractivity contribution in [2.75, 3.05) is 39.3 Å². The number of para-hydroxylation sites is 1. The molecule has 0 radical (unpaired) electrons. The van der Waals surface area contributed by atoms with Crippen LogP contribution in [0, 0.1) is 5.92 Å². The number of nitrogens with one attached hydrogen (secondary N) is 5. The molecule has 238 valence electrons. The van der Waals surface area contributed by atoms with Gasteiger partial charge in [-0.15, -0.1) is 0 Å². The van der Waals surface area contributed by atoms with Crippen molar-refractivity contribution in [2.24, 2.45) is 5.92 Å². The van der Waals surface area contributed by atoms with Crippen LogP contribution in [-0.4, -0.2) is 91.4 Å². The number of rotatable bonds is 7. The van der Waals surface area contributed by atoms with Gasteiger partial charge in [-0.1, -0.05) is 59.1 Å². The van der Waals surface area contributed by atoms with E-state index in [1.54, 1.807) is 24.3 Å². The molecular formula is C31H48N6O6. The second kappa shape index (κ2) is 16.3. The maximum atomic E-state index is 13.7. The molecule has 1 heterocycles. The normalized spacial score (nSPS) is 22.0. The summed E-state index contributed by atoms with van der Waals surface area (Å²) in [6.07, 6.45) is 2.83. The average Bonchev–Trinajstić information content (AvgIpc) is 2.99. The highest BCUT2D eigenvalue weighted by Gasteiger charge is 2.43. The van der Waals surface area contributed by atoms with Crippen LogP contribution in [0.4, 0.5) is 0 Å². The number of nitrogens with zero attached hydrogens (tertiary/aromatic N) is 1. The highest BCUT2D eigenvalue weighted by Crippen LogP contribution is 2.29. The molecule has 5 N–H and O–H groups in total. The van der Waals surface area contributed by atoms with Crippen molar-refractivity contribution in [1.29, 1.82) is 0 Å². The smallest absolute Gasteiger partial charge is 0.255 e. The molecule has 1 aromatic carbocycles. The van der Waals surface area contributed by atoms with Gasteiger partial charge in [0.05, 0.1) is 18.5 Å². The van der Waals surface area contributed by atoms with Crippen LogP contribution in [0.3, 0.4) is 0 Å². The lowest BCUT2D eigenvalue weighted by Gasteiger charge is -2.38. The van der Waals surface area contributed by atoms with E-state index in [9.17, 15) is 24.0 Å². The molecule has 1 spiro atoms. The number of ether oxygens (including phenoxy) is 1. The van der Waals surface area contributed by atoms with Gasteiger partial charge in [0.25, 0.3) is 5.91 Å². The molecular weight excluding hydrogens is 552 g/mol. The van der Waals surface area contributed by atoms with Gasteiger partial charge in [0.15, 0.2) is 0 Å². The van der Waals surface area contributed by atoms with E-state index in [4.69, 9.17) is 4.74 Å². The Morgan fingerprint density at radius 3 is 2.42 bits per heavy atom. The summed E-state index contributed by atoms with van der Waals surface area (Å²) in [5, 5.41) is 14.2. The number of hydrogen-bond acceptors (Lipinski definition) is 7. The molecule has 1 aromatic rings. The fraction of sp³-hybridized carbons (Fsp3) is 0.645. The van der Waals surface area contributed by atoms with E-state index in [-0.39, 0.29) is 42.7 Å². The van der Waals surface area contributed by atoms with Crippen LogP contribution in [0.1, 0.15) is 76.6 Å². The maximum absolute atomic E-state index is 13.7. The van der Waals surface area contributed by atoms with Crippen molar-refractivity contribution in [3.63, 3.8) is 0 Å². The molecule has 3 rings (SSSR count).